The molecule has 8 heteroatoms. The molecule has 3 aromatic rings. The molecular formula is C29H34F3N3O2. The first kappa shape index (κ1) is 24.1. The zero-order chi connectivity index (χ0) is 25.9. The summed E-state index contributed by atoms with van der Waals surface area (Å²) in [6.45, 7) is 5.12. The Labute approximate surface area is 216 Å². The molecule has 0 radical (unpaired) electrons. The first-order valence-corrected chi connectivity index (χ1v) is 12.8. The van der Waals surface area contributed by atoms with Gasteiger partial charge in [0.1, 0.15) is 29.2 Å². The van der Waals surface area contributed by atoms with Gasteiger partial charge < -0.3 is 15.0 Å². The summed E-state index contributed by atoms with van der Waals surface area (Å²) >= 11 is 0. The van der Waals surface area contributed by atoms with Crippen molar-refractivity contribution in [2.75, 3.05) is 6.54 Å². The van der Waals surface area contributed by atoms with Gasteiger partial charge in [-0.2, -0.15) is 0 Å². The summed E-state index contributed by atoms with van der Waals surface area (Å²) in [5.74, 6) is -1.57. The smallest absolute Gasteiger partial charge is 0.243 e. The van der Waals surface area contributed by atoms with E-state index in [0.29, 0.717) is 25.7 Å². The zero-order valence-corrected chi connectivity index (χ0v) is 20.7. The van der Waals surface area contributed by atoms with Gasteiger partial charge in [0.15, 0.2) is 0 Å². The Morgan fingerprint density at radius 1 is 1.27 bits per heavy atom. The van der Waals surface area contributed by atoms with Gasteiger partial charge in [0, 0.05) is 62.2 Å². The molecule has 3 aliphatic rings. The van der Waals surface area contributed by atoms with Gasteiger partial charge in [-0.25, -0.2) is 13.2 Å². The molecule has 2 N–H and O–H groups in total. The van der Waals surface area contributed by atoms with E-state index in [1.165, 1.54) is 18.2 Å². The molecule has 1 aromatic heterocycles. The van der Waals surface area contributed by atoms with Gasteiger partial charge >= 0.3 is 0 Å². The third-order valence-electron chi connectivity index (χ3n) is 8.08. The van der Waals surface area contributed by atoms with Crippen LogP contribution in [-0.4, -0.2) is 46.2 Å². The number of benzene rings is 2. The van der Waals surface area contributed by atoms with Crippen molar-refractivity contribution in [3.05, 3.63) is 77.5 Å². The van der Waals surface area contributed by atoms with E-state index in [0.717, 1.165) is 28.6 Å². The maximum atomic E-state index is 15.7. The third-order valence-corrected chi connectivity index (χ3v) is 8.08. The van der Waals surface area contributed by atoms with Gasteiger partial charge in [0.05, 0.1) is 6.04 Å². The molecule has 1 amide bonds. The van der Waals surface area contributed by atoms with Crippen molar-refractivity contribution in [2.45, 2.75) is 68.9 Å². The number of fused-ring (bicyclic) bond motifs is 4. The summed E-state index contributed by atoms with van der Waals surface area (Å²) in [6, 6.07) is 9.28. The van der Waals surface area contributed by atoms with Gasteiger partial charge in [0.25, 0.3) is 0 Å². The molecule has 37 heavy (non-hydrogen) atoms. The number of amides is 1. The number of aromatic nitrogens is 1. The third kappa shape index (κ3) is 4.31. The SMILES string of the molecule is C=CC(=O)N[C@H]1CC[C@@H](Oc2cc(F)c([C@@H]3c4[nH]c5ccccc5c4C[C@H]4CC(C)(F)CN43)c(F)c2)C1.[HH].[HH]. The maximum absolute atomic E-state index is 15.7. The number of rotatable bonds is 5. The second kappa shape index (κ2) is 8.94. The summed E-state index contributed by atoms with van der Waals surface area (Å²) in [7, 11) is 0. The average molecular weight is 514 g/mol. The Bertz CT molecular complexity index is 1370. The van der Waals surface area contributed by atoms with E-state index in [-0.39, 0.29) is 44.8 Å². The van der Waals surface area contributed by atoms with Crippen LogP contribution in [0.15, 0.2) is 49.1 Å². The topological polar surface area (TPSA) is 57.4 Å². The highest BCUT2D eigenvalue weighted by Gasteiger charge is 2.49. The highest BCUT2D eigenvalue weighted by Crippen LogP contribution is 2.48. The van der Waals surface area contributed by atoms with Crippen LogP contribution in [-0.2, 0) is 11.2 Å². The minimum absolute atomic E-state index is 0. The van der Waals surface area contributed by atoms with E-state index in [4.69, 9.17) is 4.74 Å². The van der Waals surface area contributed by atoms with Crippen molar-refractivity contribution in [1.29, 1.82) is 0 Å². The number of para-hydroxylation sites is 1. The van der Waals surface area contributed by atoms with E-state index >= 15 is 13.2 Å². The Kier molecular flexibility index (Phi) is 5.82. The van der Waals surface area contributed by atoms with Crippen molar-refractivity contribution in [3.8, 4) is 5.75 Å². The molecule has 0 spiro atoms. The van der Waals surface area contributed by atoms with E-state index in [1.54, 1.807) is 6.92 Å². The molecule has 5 atom stereocenters. The molecule has 6 rings (SSSR count). The minimum atomic E-state index is -1.43. The van der Waals surface area contributed by atoms with Crippen LogP contribution in [0, 0.1) is 11.6 Å². The lowest BCUT2D eigenvalue weighted by Crippen LogP contribution is -2.41. The van der Waals surface area contributed by atoms with Crippen molar-refractivity contribution in [2.24, 2.45) is 0 Å². The second-order valence-corrected chi connectivity index (χ2v) is 10.9. The molecule has 0 bridgehead atoms. The fourth-order valence-corrected chi connectivity index (χ4v) is 6.58. The van der Waals surface area contributed by atoms with E-state index in [1.807, 2.05) is 29.2 Å². The van der Waals surface area contributed by atoms with Crippen LogP contribution in [0.2, 0.25) is 0 Å². The number of ether oxygens (including phenoxy) is 1. The Morgan fingerprint density at radius 2 is 2.03 bits per heavy atom. The second-order valence-electron chi connectivity index (χ2n) is 10.9. The normalized spacial score (nSPS) is 29.2. The number of carbonyl (C=O) groups excluding carboxylic acids is 1. The highest BCUT2D eigenvalue weighted by atomic mass is 19.1. The van der Waals surface area contributed by atoms with Crippen molar-refractivity contribution < 1.29 is 25.6 Å². The fourth-order valence-electron chi connectivity index (χ4n) is 6.58. The lowest BCUT2D eigenvalue weighted by atomic mass is 9.88. The predicted octanol–water partition coefficient (Wildman–Crippen LogP) is 5.99. The van der Waals surface area contributed by atoms with E-state index < -0.39 is 23.3 Å². The van der Waals surface area contributed by atoms with Crippen molar-refractivity contribution >= 4 is 16.8 Å². The summed E-state index contributed by atoms with van der Waals surface area (Å²) < 4.78 is 52.6. The number of nitrogens with one attached hydrogen (secondary N) is 2. The van der Waals surface area contributed by atoms with Gasteiger partial charge in [0.2, 0.25) is 5.91 Å². The van der Waals surface area contributed by atoms with E-state index in [2.05, 4.69) is 16.9 Å². The molecule has 1 unspecified atom stereocenters. The van der Waals surface area contributed by atoms with Crippen LogP contribution in [0.5, 0.6) is 5.75 Å². The molecule has 1 aliphatic carbocycles. The van der Waals surface area contributed by atoms with Gasteiger partial charge in [-0.1, -0.05) is 24.8 Å². The number of halogens is 3. The molecule has 2 fully saturated rings. The van der Waals surface area contributed by atoms with Gasteiger partial charge in [-0.15, -0.1) is 0 Å². The molecule has 1 saturated carbocycles. The quantitative estimate of drug-likeness (QED) is 0.412. The van der Waals surface area contributed by atoms with Gasteiger partial charge in [-0.3, -0.25) is 9.69 Å². The number of hydrogen-bond acceptors (Lipinski definition) is 3. The highest BCUT2D eigenvalue weighted by molar-refractivity contribution is 5.87. The number of alkyl halides is 1. The average Bonchev–Trinajstić information content (AvgIpc) is 3.52. The molecule has 198 valence electrons. The summed E-state index contributed by atoms with van der Waals surface area (Å²) in [4.78, 5) is 16.9. The zero-order valence-electron chi connectivity index (χ0n) is 20.7. The molecule has 5 nitrogen and oxygen atoms in total. The Hall–Kier alpha value is -3.26. The molecule has 2 aliphatic heterocycles. The van der Waals surface area contributed by atoms with Crippen LogP contribution < -0.4 is 10.1 Å². The number of nitrogens with zero attached hydrogens (tertiary/aromatic N) is 1. The van der Waals surface area contributed by atoms with Crippen LogP contribution in [0.1, 0.15) is 58.3 Å². The lowest BCUT2D eigenvalue weighted by molar-refractivity contribution is -0.117. The van der Waals surface area contributed by atoms with Crippen LogP contribution in [0.4, 0.5) is 13.2 Å². The molecular weight excluding hydrogens is 479 g/mol. The summed E-state index contributed by atoms with van der Waals surface area (Å²) in [5, 5.41) is 3.85. The summed E-state index contributed by atoms with van der Waals surface area (Å²) in [5.41, 5.74) is 1.10. The van der Waals surface area contributed by atoms with Crippen molar-refractivity contribution in [3.63, 3.8) is 0 Å². The Balaban J connectivity index is 0.00000176. The van der Waals surface area contributed by atoms with Gasteiger partial charge in [-0.05, 0) is 50.3 Å². The first-order chi connectivity index (χ1) is 17.7. The summed E-state index contributed by atoms with van der Waals surface area (Å²) in [6.07, 6.45) is 3.84. The van der Waals surface area contributed by atoms with E-state index in [9.17, 15) is 4.79 Å². The predicted molar refractivity (Wildman–Crippen MR) is 139 cm³/mol. The largest absolute Gasteiger partial charge is 0.490 e. The minimum Gasteiger partial charge on any atom is -0.490 e. The van der Waals surface area contributed by atoms with Crippen LogP contribution in [0.25, 0.3) is 10.9 Å². The van der Waals surface area contributed by atoms with Crippen LogP contribution >= 0.6 is 0 Å². The number of aromatic amines is 1. The molecule has 2 aromatic carbocycles. The monoisotopic (exact) mass is 513 g/mol. The molecule has 1 saturated heterocycles. The fraction of sp³-hybridized carbons (Fsp3) is 0.414. The molecule has 3 heterocycles. The van der Waals surface area contributed by atoms with Crippen molar-refractivity contribution in [1.82, 2.24) is 15.2 Å². The Morgan fingerprint density at radius 3 is 2.78 bits per heavy atom. The number of hydrogen-bond donors (Lipinski definition) is 2. The maximum Gasteiger partial charge on any atom is 0.243 e. The number of carbonyl (C=O) groups is 1. The lowest BCUT2D eigenvalue weighted by Gasteiger charge is -2.38. The first-order valence-electron chi connectivity index (χ1n) is 12.8. The standard InChI is InChI=1S/C29H30F3N3O2.2H2/c1-3-25(36)33-16-8-9-18(10-16)37-19-12-22(30)26(23(31)13-19)28-27-21(20-6-4-5-7-24(20)34-27)11-17-14-29(2,32)15-35(17)28;;/h3-7,12-13,16-18,28,34H,1,8-11,14-15H2,2H3,(H,33,36);2*1H/t16-,17-,18+,28+,29?;;/m0../s1. The van der Waals surface area contributed by atoms with Crippen LogP contribution in [0.3, 0.4) is 0 Å². The number of H-pyrrole nitrogens is 1.